The molecule has 0 saturated heterocycles. The van der Waals surface area contributed by atoms with E-state index < -0.39 is 0 Å². The van der Waals surface area contributed by atoms with Gasteiger partial charge in [-0.15, -0.1) is 0 Å². The van der Waals surface area contributed by atoms with E-state index in [0.717, 1.165) is 28.1 Å². The van der Waals surface area contributed by atoms with Crippen molar-refractivity contribution in [2.45, 2.75) is 6.92 Å². The second-order valence-corrected chi connectivity index (χ2v) is 3.83. The van der Waals surface area contributed by atoms with Crippen LogP contribution in [0.15, 0.2) is 49.8 Å². The number of hydrogen-bond acceptors (Lipinski definition) is 2. The monoisotopic (exact) mass is 222 g/mol. The zero-order chi connectivity index (χ0) is 12.3. The van der Waals surface area contributed by atoms with Crippen LogP contribution in [0, 0.1) is 0 Å². The summed E-state index contributed by atoms with van der Waals surface area (Å²) < 4.78 is 0. The van der Waals surface area contributed by atoms with Crippen molar-refractivity contribution in [3.63, 3.8) is 0 Å². The van der Waals surface area contributed by atoms with E-state index >= 15 is 0 Å². The van der Waals surface area contributed by atoms with Crippen LogP contribution in [0.25, 0.3) is 23.0 Å². The summed E-state index contributed by atoms with van der Waals surface area (Å²) in [7, 11) is 0. The third-order valence-electron chi connectivity index (χ3n) is 2.55. The van der Waals surface area contributed by atoms with Crippen molar-refractivity contribution in [3.05, 3.63) is 60.9 Å². The molecule has 0 unspecified atom stereocenters. The van der Waals surface area contributed by atoms with Crippen LogP contribution in [0.2, 0.25) is 0 Å². The molecule has 0 bridgehead atoms. The molecule has 84 valence electrons. The molecule has 2 heterocycles. The first-order chi connectivity index (χ1) is 8.24. The van der Waals surface area contributed by atoms with Crippen molar-refractivity contribution < 1.29 is 0 Å². The van der Waals surface area contributed by atoms with Crippen LogP contribution in [0.5, 0.6) is 0 Å². The lowest BCUT2D eigenvalue weighted by atomic mass is 10.0. The van der Waals surface area contributed by atoms with Gasteiger partial charge < -0.3 is 0 Å². The molecule has 2 aromatic rings. The number of aromatic nitrogens is 2. The van der Waals surface area contributed by atoms with Gasteiger partial charge in [0.1, 0.15) is 0 Å². The molecule has 2 heteroatoms. The van der Waals surface area contributed by atoms with E-state index in [1.807, 2.05) is 31.2 Å². The van der Waals surface area contributed by atoms with Gasteiger partial charge in [-0.05, 0) is 24.6 Å². The second-order valence-electron chi connectivity index (χ2n) is 3.83. The number of nitrogens with zero attached hydrogens (tertiary/aromatic N) is 2. The van der Waals surface area contributed by atoms with Crippen LogP contribution in [0.1, 0.15) is 18.1 Å². The van der Waals surface area contributed by atoms with Crippen LogP contribution in [0.3, 0.4) is 0 Å². The van der Waals surface area contributed by atoms with Gasteiger partial charge in [0.15, 0.2) is 0 Å². The molecule has 2 nitrogen and oxygen atoms in total. The highest BCUT2D eigenvalue weighted by Crippen LogP contribution is 2.27. The summed E-state index contributed by atoms with van der Waals surface area (Å²) in [6, 6.07) is 7.78. The molecule has 0 N–H and O–H groups in total. The van der Waals surface area contributed by atoms with Crippen molar-refractivity contribution >= 4 is 11.6 Å². The molecule has 0 aliphatic rings. The number of rotatable bonds is 3. The van der Waals surface area contributed by atoms with Gasteiger partial charge in [0.05, 0.1) is 11.4 Å². The lowest BCUT2D eigenvalue weighted by Gasteiger charge is -2.09. The molecule has 17 heavy (non-hydrogen) atoms. The smallest absolute Gasteiger partial charge is 0.0966 e. The summed E-state index contributed by atoms with van der Waals surface area (Å²) in [6.07, 6.45) is 5.32. The number of allylic oxidation sites excluding steroid dienone is 1. The molecule has 0 spiro atoms. The number of pyridine rings is 2. The van der Waals surface area contributed by atoms with E-state index in [-0.39, 0.29) is 0 Å². The normalized spacial score (nSPS) is 9.94. The zero-order valence-corrected chi connectivity index (χ0v) is 9.85. The fourth-order valence-electron chi connectivity index (χ4n) is 1.72. The summed E-state index contributed by atoms with van der Waals surface area (Å²) in [5, 5.41) is 0. The first-order valence-corrected chi connectivity index (χ1v) is 5.42. The van der Waals surface area contributed by atoms with Gasteiger partial charge in [0.2, 0.25) is 0 Å². The highest BCUT2D eigenvalue weighted by molar-refractivity contribution is 5.79. The predicted molar refractivity (Wildman–Crippen MR) is 72.3 cm³/mol. The molecule has 0 saturated carbocycles. The quantitative estimate of drug-likeness (QED) is 0.789. The topological polar surface area (TPSA) is 25.8 Å². The van der Waals surface area contributed by atoms with Crippen molar-refractivity contribution in [2.75, 3.05) is 0 Å². The maximum atomic E-state index is 4.41. The molecular formula is C15H14N2. The summed E-state index contributed by atoms with van der Waals surface area (Å²) in [4.78, 5) is 8.80. The summed E-state index contributed by atoms with van der Waals surface area (Å²) in [5.41, 5.74) is 4.69. The minimum atomic E-state index is 0.848. The molecule has 0 atom stereocenters. The zero-order valence-electron chi connectivity index (χ0n) is 9.85. The molecule has 0 radical (unpaired) electrons. The molecule has 0 aromatic carbocycles. The Balaban J connectivity index is 2.68. The Morgan fingerprint density at radius 1 is 1.12 bits per heavy atom. The maximum Gasteiger partial charge on any atom is 0.0966 e. The first kappa shape index (κ1) is 11.3. The van der Waals surface area contributed by atoms with Crippen molar-refractivity contribution in [1.29, 1.82) is 0 Å². The van der Waals surface area contributed by atoms with Gasteiger partial charge in [-0.3, -0.25) is 9.97 Å². The molecule has 2 rings (SSSR count). The molecular weight excluding hydrogens is 208 g/mol. The van der Waals surface area contributed by atoms with Crippen molar-refractivity contribution in [3.8, 4) is 11.4 Å². The lowest BCUT2D eigenvalue weighted by Crippen LogP contribution is -1.94. The molecule has 0 aliphatic carbocycles. The highest BCUT2D eigenvalue weighted by atomic mass is 14.8. The van der Waals surface area contributed by atoms with E-state index in [0.29, 0.717) is 0 Å². The SMILES string of the molecule is C=Cc1cccnc1-c1ncccc1C(=C)C. The molecule has 2 aromatic heterocycles. The van der Waals surface area contributed by atoms with E-state index in [2.05, 4.69) is 23.1 Å². The van der Waals surface area contributed by atoms with Gasteiger partial charge in [0, 0.05) is 23.5 Å². The standard InChI is InChI=1S/C15H14N2/c1-4-12-7-5-9-16-14(12)15-13(11(2)3)8-6-10-17-15/h4-10H,1-2H2,3H3. The third kappa shape index (κ3) is 2.16. The van der Waals surface area contributed by atoms with Crippen LogP contribution in [-0.4, -0.2) is 9.97 Å². The Kier molecular flexibility index (Phi) is 3.15. The lowest BCUT2D eigenvalue weighted by molar-refractivity contribution is 1.23. The largest absolute Gasteiger partial charge is 0.254 e. The van der Waals surface area contributed by atoms with E-state index in [9.17, 15) is 0 Å². The fraction of sp³-hybridized carbons (Fsp3) is 0.0667. The summed E-state index contributed by atoms with van der Waals surface area (Å²) >= 11 is 0. The second kappa shape index (κ2) is 4.74. The minimum absolute atomic E-state index is 0.848. The van der Waals surface area contributed by atoms with Crippen molar-refractivity contribution in [1.82, 2.24) is 9.97 Å². The van der Waals surface area contributed by atoms with Crippen LogP contribution in [0.4, 0.5) is 0 Å². The van der Waals surface area contributed by atoms with Gasteiger partial charge in [0.25, 0.3) is 0 Å². The summed E-state index contributed by atoms with van der Waals surface area (Å²) in [6.45, 7) is 9.74. The van der Waals surface area contributed by atoms with Gasteiger partial charge in [-0.1, -0.05) is 31.4 Å². The van der Waals surface area contributed by atoms with Gasteiger partial charge in [-0.2, -0.15) is 0 Å². The highest BCUT2D eigenvalue weighted by Gasteiger charge is 2.10. The van der Waals surface area contributed by atoms with Gasteiger partial charge in [-0.25, -0.2) is 0 Å². The Labute approximate surface area is 101 Å². The Bertz CT molecular complexity index is 571. The van der Waals surface area contributed by atoms with E-state index in [1.54, 1.807) is 18.5 Å². The fourth-order valence-corrected chi connectivity index (χ4v) is 1.72. The molecule has 0 fully saturated rings. The Hall–Kier alpha value is -2.22. The summed E-state index contributed by atoms with van der Waals surface area (Å²) in [5.74, 6) is 0. The Morgan fingerprint density at radius 3 is 2.41 bits per heavy atom. The average Bonchev–Trinajstić information content (AvgIpc) is 2.38. The predicted octanol–water partition coefficient (Wildman–Crippen LogP) is 3.82. The number of hydrogen-bond donors (Lipinski definition) is 0. The van der Waals surface area contributed by atoms with Gasteiger partial charge >= 0.3 is 0 Å². The average molecular weight is 222 g/mol. The maximum absolute atomic E-state index is 4.41. The molecule has 0 amide bonds. The van der Waals surface area contributed by atoms with Crippen LogP contribution in [-0.2, 0) is 0 Å². The van der Waals surface area contributed by atoms with Crippen LogP contribution < -0.4 is 0 Å². The van der Waals surface area contributed by atoms with E-state index in [1.165, 1.54) is 0 Å². The third-order valence-corrected chi connectivity index (χ3v) is 2.55. The molecule has 0 aliphatic heterocycles. The Morgan fingerprint density at radius 2 is 1.76 bits per heavy atom. The first-order valence-electron chi connectivity index (χ1n) is 5.42. The van der Waals surface area contributed by atoms with Crippen LogP contribution >= 0.6 is 0 Å². The van der Waals surface area contributed by atoms with Crippen molar-refractivity contribution in [2.24, 2.45) is 0 Å². The van der Waals surface area contributed by atoms with E-state index in [4.69, 9.17) is 0 Å². The minimum Gasteiger partial charge on any atom is -0.254 e.